The quantitative estimate of drug-likeness (QED) is 0.463. The average molecular weight is 471 g/mol. The van der Waals surface area contributed by atoms with Gasteiger partial charge in [0, 0.05) is 24.2 Å². The number of fused-ring (bicyclic) bond motifs is 6. The first-order valence-electron chi connectivity index (χ1n) is 11.8. The summed E-state index contributed by atoms with van der Waals surface area (Å²) in [5, 5.41) is 2.84. The van der Waals surface area contributed by atoms with Crippen LogP contribution < -0.4 is 11.1 Å². The van der Waals surface area contributed by atoms with Crippen LogP contribution >= 0.6 is 0 Å². The van der Waals surface area contributed by atoms with Gasteiger partial charge < -0.3 is 24.9 Å². The van der Waals surface area contributed by atoms with Gasteiger partial charge in [0.05, 0.1) is 48.5 Å². The Hall–Kier alpha value is -3.91. The van der Waals surface area contributed by atoms with Crippen molar-refractivity contribution in [2.24, 2.45) is 5.73 Å². The average Bonchev–Trinajstić information content (AvgIpc) is 3.58. The number of carbonyl (C=O) groups is 1. The fourth-order valence-electron chi connectivity index (χ4n) is 4.81. The molecule has 0 bridgehead atoms. The van der Waals surface area contributed by atoms with Crippen LogP contribution in [0.25, 0.3) is 22.5 Å². The van der Waals surface area contributed by atoms with Crippen molar-refractivity contribution in [2.75, 3.05) is 13.1 Å². The number of nitrogens with one attached hydrogen (secondary N) is 1. The lowest BCUT2D eigenvalue weighted by molar-refractivity contribution is 0.0523. The van der Waals surface area contributed by atoms with Gasteiger partial charge in [-0.2, -0.15) is 0 Å². The number of nitrogens with zero attached hydrogens (tertiary/aromatic N) is 4. The third-order valence-electron chi connectivity index (χ3n) is 6.26. The SMILES string of the molecule is CC(C)(C)OC(=O)NCC1c2ccccc2-c2cncn21.NCC1c2ccccc2-c2cncn21. The third-order valence-corrected chi connectivity index (χ3v) is 6.26. The van der Waals surface area contributed by atoms with Crippen molar-refractivity contribution in [3.63, 3.8) is 0 Å². The number of amides is 1. The standard InChI is InChI=1S/C16H19N3O2.C11H11N3/c1-16(2,3)21-15(20)18-9-14-12-7-5-4-6-11(12)13-8-17-10-19(13)14;12-5-10-8-3-1-2-4-9(8)11-6-13-7-14(10)11/h4-8,10,14H,9H2,1-3H3,(H,18,20);1-4,6-7,10H,5,12H2. The molecule has 4 heterocycles. The van der Waals surface area contributed by atoms with Crippen molar-refractivity contribution in [3.05, 3.63) is 84.7 Å². The maximum atomic E-state index is 11.8. The lowest BCUT2D eigenvalue weighted by Crippen LogP contribution is -2.35. The van der Waals surface area contributed by atoms with Crippen LogP contribution in [-0.4, -0.2) is 43.9 Å². The monoisotopic (exact) mass is 470 g/mol. The number of aromatic nitrogens is 4. The van der Waals surface area contributed by atoms with E-state index in [1.165, 1.54) is 27.9 Å². The molecule has 2 aliphatic heterocycles. The second-order valence-corrected chi connectivity index (χ2v) is 9.70. The second-order valence-electron chi connectivity index (χ2n) is 9.70. The Bertz CT molecular complexity index is 1350. The van der Waals surface area contributed by atoms with E-state index in [2.05, 4.69) is 60.8 Å². The predicted molar refractivity (Wildman–Crippen MR) is 135 cm³/mol. The lowest BCUT2D eigenvalue weighted by Gasteiger charge is -2.21. The third kappa shape index (κ3) is 4.33. The summed E-state index contributed by atoms with van der Waals surface area (Å²) in [6.45, 7) is 6.66. The van der Waals surface area contributed by atoms with Gasteiger partial charge in [-0.15, -0.1) is 0 Å². The van der Waals surface area contributed by atoms with Crippen molar-refractivity contribution in [2.45, 2.75) is 38.5 Å². The molecular weight excluding hydrogens is 440 g/mol. The van der Waals surface area contributed by atoms with Gasteiger partial charge in [-0.25, -0.2) is 14.8 Å². The molecule has 2 atom stereocenters. The number of imidazole rings is 2. The fraction of sp³-hybridized carbons (Fsp3) is 0.296. The van der Waals surface area contributed by atoms with E-state index in [1.54, 1.807) is 6.33 Å². The van der Waals surface area contributed by atoms with Gasteiger partial charge in [0.25, 0.3) is 0 Å². The highest BCUT2D eigenvalue weighted by Gasteiger charge is 2.29. The minimum Gasteiger partial charge on any atom is -0.444 e. The molecule has 8 nitrogen and oxygen atoms in total. The van der Waals surface area contributed by atoms with Crippen molar-refractivity contribution in [3.8, 4) is 22.5 Å². The molecule has 2 aromatic carbocycles. The van der Waals surface area contributed by atoms with Crippen LogP contribution in [0.1, 0.15) is 44.0 Å². The maximum absolute atomic E-state index is 11.8. The van der Waals surface area contributed by atoms with Gasteiger partial charge in [-0.3, -0.25) is 0 Å². The number of hydrogen-bond donors (Lipinski definition) is 2. The Balaban J connectivity index is 0.000000156. The van der Waals surface area contributed by atoms with Crippen molar-refractivity contribution in [1.29, 1.82) is 0 Å². The summed E-state index contributed by atoms with van der Waals surface area (Å²) in [7, 11) is 0. The van der Waals surface area contributed by atoms with Crippen molar-refractivity contribution >= 4 is 6.09 Å². The minimum absolute atomic E-state index is 0.0613. The molecule has 35 heavy (non-hydrogen) atoms. The van der Waals surface area contributed by atoms with Gasteiger partial charge in [0.15, 0.2) is 0 Å². The number of ether oxygens (including phenoxy) is 1. The minimum atomic E-state index is -0.488. The van der Waals surface area contributed by atoms with E-state index in [0.29, 0.717) is 13.1 Å². The lowest BCUT2D eigenvalue weighted by atomic mass is 10.0. The first-order valence-corrected chi connectivity index (χ1v) is 11.8. The van der Waals surface area contributed by atoms with E-state index in [1.807, 2.05) is 51.6 Å². The van der Waals surface area contributed by atoms with Gasteiger partial charge >= 0.3 is 6.09 Å². The molecule has 8 heteroatoms. The molecule has 2 unspecified atom stereocenters. The first-order chi connectivity index (χ1) is 16.9. The summed E-state index contributed by atoms with van der Waals surface area (Å²) >= 11 is 0. The van der Waals surface area contributed by atoms with Gasteiger partial charge in [0.2, 0.25) is 0 Å². The first kappa shape index (κ1) is 22.9. The molecule has 6 rings (SSSR count). The van der Waals surface area contributed by atoms with E-state index in [4.69, 9.17) is 10.5 Å². The summed E-state index contributed by atoms with van der Waals surface area (Å²) in [5.41, 5.74) is 12.5. The largest absolute Gasteiger partial charge is 0.444 e. The Morgan fingerprint density at radius 2 is 1.43 bits per heavy atom. The maximum Gasteiger partial charge on any atom is 0.407 e. The number of carbonyl (C=O) groups excluding carboxylic acids is 1. The molecular formula is C27H30N6O2. The topological polar surface area (TPSA) is 100.0 Å². The number of nitrogens with two attached hydrogens (primary N) is 1. The fourth-order valence-corrected chi connectivity index (χ4v) is 4.81. The summed E-state index contributed by atoms with van der Waals surface area (Å²) in [5.74, 6) is 0. The van der Waals surface area contributed by atoms with E-state index >= 15 is 0 Å². The Morgan fingerprint density at radius 1 is 0.914 bits per heavy atom. The van der Waals surface area contributed by atoms with E-state index < -0.39 is 11.7 Å². The smallest absolute Gasteiger partial charge is 0.407 e. The van der Waals surface area contributed by atoms with Crippen molar-refractivity contribution in [1.82, 2.24) is 24.4 Å². The van der Waals surface area contributed by atoms with Gasteiger partial charge in [0.1, 0.15) is 5.60 Å². The molecule has 0 spiro atoms. The number of hydrogen-bond acceptors (Lipinski definition) is 5. The van der Waals surface area contributed by atoms with Crippen molar-refractivity contribution < 1.29 is 9.53 Å². The highest BCUT2D eigenvalue weighted by molar-refractivity contribution is 5.71. The summed E-state index contributed by atoms with van der Waals surface area (Å²) in [4.78, 5) is 20.2. The molecule has 0 saturated heterocycles. The van der Waals surface area contributed by atoms with E-state index in [0.717, 1.165) is 5.69 Å². The summed E-state index contributed by atoms with van der Waals surface area (Å²) in [6.07, 6.45) is 7.01. The molecule has 2 aliphatic rings. The molecule has 180 valence electrons. The Morgan fingerprint density at radius 3 is 1.97 bits per heavy atom. The number of rotatable bonds is 3. The molecule has 0 radical (unpaired) electrons. The highest BCUT2D eigenvalue weighted by Crippen LogP contribution is 2.39. The van der Waals surface area contributed by atoms with Gasteiger partial charge in [-0.1, -0.05) is 48.5 Å². The molecule has 0 saturated carbocycles. The second kappa shape index (κ2) is 9.03. The van der Waals surface area contributed by atoms with Crippen LogP contribution in [-0.2, 0) is 4.74 Å². The number of benzene rings is 2. The van der Waals surface area contributed by atoms with E-state index in [9.17, 15) is 4.79 Å². The Kier molecular flexibility index (Phi) is 5.90. The van der Waals surface area contributed by atoms with Crippen LogP contribution in [0.5, 0.6) is 0 Å². The normalized spacial score (nSPS) is 16.9. The van der Waals surface area contributed by atoms with Gasteiger partial charge in [-0.05, 0) is 31.9 Å². The number of alkyl carbamates (subject to hydrolysis) is 1. The van der Waals surface area contributed by atoms with Crippen LogP contribution in [0.15, 0.2) is 73.6 Å². The van der Waals surface area contributed by atoms with Crippen LogP contribution in [0.2, 0.25) is 0 Å². The predicted octanol–water partition coefficient (Wildman–Crippen LogP) is 4.39. The van der Waals surface area contributed by atoms with Crippen LogP contribution in [0.4, 0.5) is 4.79 Å². The van der Waals surface area contributed by atoms with E-state index in [-0.39, 0.29) is 12.1 Å². The molecule has 1 amide bonds. The molecule has 3 N–H and O–H groups in total. The zero-order valence-electron chi connectivity index (χ0n) is 20.2. The molecule has 0 aliphatic carbocycles. The molecule has 4 aromatic rings. The van der Waals surface area contributed by atoms with Crippen LogP contribution in [0.3, 0.4) is 0 Å². The zero-order chi connectivity index (χ0) is 24.6. The summed E-state index contributed by atoms with van der Waals surface area (Å²) in [6, 6.07) is 16.9. The summed E-state index contributed by atoms with van der Waals surface area (Å²) < 4.78 is 9.51. The van der Waals surface area contributed by atoms with Crippen LogP contribution in [0, 0.1) is 0 Å². The Labute approximate surface area is 204 Å². The zero-order valence-corrected chi connectivity index (χ0v) is 20.2. The highest BCUT2D eigenvalue weighted by atomic mass is 16.6. The molecule has 2 aromatic heterocycles. The molecule has 0 fully saturated rings.